The number of benzene rings is 1. The van der Waals surface area contributed by atoms with Crippen LogP contribution in [0, 0.1) is 13.8 Å². The molecule has 1 aromatic heterocycles. The Labute approximate surface area is 132 Å². The third-order valence-electron chi connectivity index (χ3n) is 4.69. The molecule has 1 aliphatic heterocycles. The first-order valence-electron chi connectivity index (χ1n) is 7.96. The average Bonchev–Trinajstić information content (AvgIpc) is 3.09. The van der Waals surface area contributed by atoms with E-state index in [1.807, 2.05) is 26.0 Å². The zero-order valence-electron chi connectivity index (χ0n) is 13.6. The molecule has 1 fully saturated rings. The number of likely N-dealkylation sites (tertiary alicyclic amines) is 1. The largest absolute Gasteiger partial charge is 0.496 e. The van der Waals surface area contributed by atoms with Crippen LogP contribution in [0.1, 0.15) is 35.4 Å². The van der Waals surface area contributed by atoms with E-state index in [2.05, 4.69) is 22.2 Å². The Morgan fingerprint density at radius 2 is 2.14 bits per heavy atom. The van der Waals surface area contributed by atoms with E-state index in [0.29, 0.717) is 6.04 Å². The van der Waals surface area contributed by atoms with E-state index in [1.165, 1.54) is 24.0 Å². The first-order chi connectivity index (χ1) is 10.7. The molecule has 3 rings (SSSR count). The third kappa shape index (κ3) is 3.02. The molecule has 22 heavy (non-hydrogen) atoms. The molecule has 0 aliphatic carbocycles. The van der Waals surface area contributed by atoms with Crippen LogP contribution in [-0.4, -0.2) is 29.8 Å². The lowest BCUT2D eigenvalue weighted by Gasteiger charge is -2.25. The predicted molar refractivity (Wildman–Crippen MR) is 86.1 cm³/mol. The van der Waals surface area contributed by atoms with Gasteiger partial charge in [-0.2, -0.15) is 0 Å². The number of rotatable bonds is 5. The molecule has 0 spiro atoms. The number of hydrogen-bond acceptors (Lipinski definition) is 4. The van der Waals surface area contributed by atoms with Gasteiger partial charge in [-0.05, 0) is 51.3 Å². The Balaban J connectivity index is 1.73. The van der Waals surface area contributed by atoms with E-state index in [1.54, 1.807) is 7.11 Å². The van der Waals surface area contributed by atoms with E-state index >= 15 is 0 Å². The minimum atomic E-state index is 0.560. The summed E-state index contributed by atoms with van der Waals surface area (Å²) in [4.78, 5) is 2.55. The number of hydrogen-bond donors (Lipinski definition) is 0. The molecule has 118 valence electrons. The van der Waals surface area contributed by atoms with Gasteiger partial charge in [-0.25, -0.2) is 0 Å². The maximum absolute atomic E-state index is 5.49. The van der Waals surface area contributed by atoms with Gasteiger partial charge in [-0.15, -0.1) is 0 Å². The lowest BCUT2D eigenvalue weighted by molar-refractivity contribution is 0.240. The number of aryl methyl sites for hydroxylation is 2. The molecule has 0 bridgehead atoms. The van der Waals surface area contributed by atoms with Gasteiger partial charge in [0.25, 0.3) is 0 Å². The fourth-order valence-corrected chi connectivity index (χ4v) is 3.39. The molecule has 0 saturated carbocycles. The number of methoxy groups -OCH3 is 1. The van der Waals surface area contributed by atoms with Crippen LogP contribution in [0.2, 0.25) is 0 Å². The number of para-hydroxylation sites is 1. The Kier molecular flexibility index (Phi) is 4.48. The molecule has 4 nitrogen and oxygen atoms in total. The first kappa shape index (κ1) is 15.1. The molecule has 4 heteroatoms. The number of ether oxygens (including phenoxy) is 1. The van der Waals surface area contributed by atoms with Crippen LogP contribution in [-0.2, 0) is 13.0 Å². The van der Waals surface area contributed by atoms with Gasteiger partial charge in [0.05, 0.1) is 12.8 Å². The van der Waals surface area contributed by atoms with Crippen LogP contribution in [0.5, 0.6) is 5.75 Å². The highest BCUT2D eigenvalue weighted by molar-refractivity contribution is 5.34. The molecule has 0 amide bonds. The van der Waals surface area contributed by atoms with Crippen LogP contribution in [0.3, 0.4) is 0 Å². The van der Waals surface area contributed by atoms with Gasteiger partial charge in [0.15, 0.2) is 0 Å². The van der Waals surface area contributed by atoms with Crippen LogP contribution >= 0.6 is 0 Å². The zero-order valence-corrected chi connectivity index (χ0v) is 13.6. The van der Waals surface area contributed by atoms with Crippen LogP contribution in [0.25, 0.3) is 0 Å². The van der Waals surface area contributed by atoms with Crippen molar-refractivity contribution in [1.29, 1.82) is 0 Å². The molecule has 1 saturated heterocycles. The van der Waals surface area contributed by atoms with Crippen molar-refractivity contribution in [2.75, 3.05) is 13.7 Å². The maximum atomic E-state index is 5.49. The summed E-state index contributed by atoms with van der Waals surface area (Å²) in [6, 6.07) is 8.89. The van der Waals surface area contributed by atoms with Crippen LogP contribution in [0.4, 0.5) is 0 Å². The molecular formula is C18H24N2O2. The molecule has 0 unspecified atom stereocenters. The molecule has 2 heterocycles. The monoisotopic (exact) mass is 300 g/mol. The summed E-state index contributed by atoms with van der Waals surface area (Å²) in [6.07, 6.45) is 3.53. The van der Waals surface area contributed by atoms with E-state index in [-0.39, 0.29) is 0 Å². The van der Waals surface area contributed by atoms with Crippen molar-refractivity contribution in [2.24, 2.45) is 0 Å². The van der Waals surface area contributed by atoms with Crippen LogP contribution < -0.4 is 4.74 Å². The summed E-state index contributed by atoms with van der Waals surface area (Å²) in [6.45, 7) is 6.10. The molecule has 1 atom stereocenters. The van der Waals surface area contributed by atoms with E-state index < -0.39 is 0 Å². The topological polar surface area (TPSA) is 38.5 Å². The molecule has 0 radical (unpaired) electrons. The first-order valence-corrected chi connectivity index (χ1v) is 7.96. The summed E-state index contributed by atoms with van der Waals surface area (Å²) in [5.41, 5.74) is 3.55. The maximum Gasteiger partial charge on any atom is 0.138 e. The summed E-state index contributed by atoms with van der Waals surface area (Å²) in [5.74, 6) is 1.94. The quantitative estimate of drug-likeness (QED) is 0.847. The van der Waals surface area contributed by atoms with Gasteiger partial charge in [-0.3, -0.25) is 4.90 Å². The minimum absolute atomic E-state index is 0.560. The Morgan fingerprint density at radius 1 is 1.32 bits per heavy atom. The van der Waals surface area contributed by atoms with Crippen molar-refractivity contribution in [3.05, 3.63) is 46.8 Å². The van der Waals surface area contributed by atoms with E-state index in [0.717, 1.165) is 36.7 Å². The number of nitrogens with zero attached hydrogens (tertiary/aromatic N) is 2. The Morgan fingerprint density at radius 3 is 2.86 bits per heavy atom. The second-order valence-electron chi connectivity index (χ2n) is 6.09. The average molecular weight is 300 g/mol. The highest BCUT2D eigenvalue weighted by Crippen LogP contribution is 2.28. The van der Waals surface area contributed by atoms with Gasteiger partial charge in [0.2, 0.25) is 0 Å². The van der Waals surface area contributed by atoms with Crippen LogP contribution in [0.15, 0.2) is 28.8 Å². The molecule has 0 N–H and O–H groups in total. The van der Waals surface area contributed by atoms with Gasteiger partial charge < -0.3 is 9.26 Å². The SMILES string of the molecule is COc1ccccc1C[C@@H]1CCCN1Cc1c(C)noc1C. The standard InChI is InChI=1S/C18H24N2O2/c1-13-17(14(2)22-19-13)12-20-10-6-8-16(20)11-15-7-4-5-9-18(15)21-3/h4-5,7,9,16H,6,8,10-12H2,1-3H3/t16-/m0/s1. The fourth-order valence-electron chi connectivity index (χ4n) is 3.39. The lowest BCUT2D eigenvalue weighted by Crippen LogP contribution is -2.31. The Hall–Kier alpha value is -1.81. The van der Waals surface area contributed by atoms with Crippen molar-refractivity contribution in [1.82, 2.24) is 10.1 Å². The fraction of sp³-hybridized carbons (Fsp3) is 0.500. The van der Waals surface area contributed by atoms with Gasteiger partial charge in [0.1, 0.15) is 11.5 Å². The smallest absolute Gasteiger partial charge is 0.138 e. The summed E-state index contributed by atoms with van der Waals surface area (Å²) >= 11 is 0. The minimum Gasteiger partial charge on any atom is -0.496 e. The molecular weight excluding hydrogens is 276 g/mol. The predicted octanol–water partition coefficient (Wildman–Crippen LogP) is 3.51. The third-order valence-corrected chi connectivity index (χ3v) is 4.69. The van der Waals surface area contributed by atoms with Crippen molar-refractivity contribution in [3.8, 4) is 5.75 Å². The Bertz CT molecular complexity index is 616. The highest BCUT2D eigenvalue weighted by Gasteiger charge is 2.27. The van der Waals surface area contributed by atoms with Crippen molar-refractivity contribution < 1.29 is 9.26 Å². The molecule has 1 aliphatic rings. The van der Waals surface area contributed by atoms with Gasteiger partial charge in [0, 0.05) is 18.2 Å². The summed E-state index contributed by atoms with van der Waals surface area (Å²) in [7, 11) is 1.75. The summed E-state index contributed by atoms with van der Waals surface area (Å²) < 4.78 is 10.8. The van der Waals surface area contributed by atoms with Gasteiger partial charge >= 0.3 is 0 Å². The normalized spacial score (nSPS) is 18.8. The van der Waals surface area contributed by atoms with E-state index in [4.69, 9.17) is 9.26 Å². The summed E-state index contributed by atoms with van der Waals surface area (Å²) in [5, 5.41) is 4.07. The van der Waals surface area contributed by atoms with Crippen molar-refractivity contribution >= 4 is 0 Å². The lowest BCUT2D eigenvalue weighted by atomic mass is 10.0. The second kappa shape index (κ2) is 6.53. The zero-order chi connectivity index (χ0) is 15.5. The van der Waals surface area contributed by atoms with E-state index in [9.17, 15) is 0 Å². The molecule has 1 aromatic carbocycles. The number of aromatic nitrogens is 1. The second-order valence-corrected chi connectivity index (χ2v) is 6.09. The van der Waals surface area contributed by atoms with Crippen molar-refractivity contribution in [2.45, 2.75) is 45.7 Å². The van der Waals surface area contributed by atoms with Crippen molar-refractivity contribution in [3.63, 3.8) is 0 Å². The highest BCUT2D eigenvalue weighted by atomic mass is 16.5. The van der Waals surface area contributed by atoms with Gasteiger partial charge in [-0.1, -0.05) is 23.4 Å². The molecule has 2 aromatic rings.